The van der Waals surface area contributed by atoms with Gasteiger partial charge in [-0.2, -0.15) is 0 Å². The Hall–Kier alpha value is -0.800. The number of hydrogen-bond donors (Lipinski definition) is 1. The van der Waals surface area contributed by atoms with Crippen LogP contribution < -0.4 is 10.2 Å². The number of aromatic nitrogens is 1. The number of pyridine rings is 1. The molecule has 3 nitrogen and oxygen atoms in total. The summed E-state index contributed by atoms with van der Waals surface area (Å²) in [6.07, 6.45) is 1.81. The Labute approximate surface area is 96.5 Å². The summed E-state index contributed by atoms with van der Waals surface area (Å²) in [6, 6.07) is 3.99. The van der Waals surface area contributed by atoms with E-state index >= 15 is 0 Å². The fourth-order valence-corrected chi connectivity index (χ4v) is 1.56. The molecule has 0 amide bonds. The monoisotopic (exact) mass is 227 g/mol. The molecule has 84 valence electrons. The van der Waals surface area contributed by atoms with Gasteiger partial charge in [0, 0.05) is 31.7 Å². The van der Waals surface area contributed by atoms with Crippen LogP contribution in [-0.4, -0.2) is 31.7 Å². The van der Waals surface area contributed by atoms with Crippen molar-refractivity contribution in [3.05, 3.63) is 23.9 Å². The zero-order valence-electron chi connectivity index (χ0n) is 9.33. The predicted molar refractivity (Wildman–Crippen MR) is 65.6 cm³/mol. The van der Waals surface area contributed by atoms with E-state index in [4.69, 9.17) is 11.6 Å². The van der Waals surface area contributed by atoms with Crippen molar-refractivity contribution >= 4 is 17.4 Å². The second-order valence-corrected chi connectivity index (χ2v) is 3.61. The third kappa shape index (κ3) is 3.68. The van der Waals surface area contributed by atoms with Crippen molar-refractivity contribution in [2.75, 3.05) is 31.6 Å². The van der Waals surface area contributed by atoms with E-state index in [9.17, 15) is 0 Å². The first kappa shape index (κ1) is 12.3. The first-order valence-electron chi connectivity index (χ1n) is 5.22. The van der Waals surface area contributed by atoms with Crippen LogP contribution in [0.3, 0.4) is 0 Å². The molecule has 0 unspecified atom stereocenters. The summed E-state index contributed by atoms with van der Waals surface area (Å²) in [7, 11) is 1.95. The summed E-state index contributed by atoms with van der Waals surface area (Å²) in [6.45, 7) is 5.01. The average Bonchev–Trinajstić information content (AvgIpc) is 2.30. The highest BCUT2D eigenvalue weighted by atomic mass is 35.5. The van der Waals surface area contributed by atoms with Gasteiger partial charge in [-0.15, -0.1) is 11.6 Å². The third-order valence-electron chi connectivity index (χ3n) is 2.30. The second-order valence-electron chi connectivity index (χ2n) is 3.34. The van der Waals surface area contributed by atoms with E-state index in [2.05, 4.69) is 22.1 Å². The lowest BCUT2D eigenvalue weighted by atomic mass is 10.3. The SMILES string of the molecule is CCN(CCNC)c1cc(CCl)ccn1. The van der Waals surface area contributed by atoms with Crippen LogP contribution in [0.1, 0.15) is 12.5 Å². The van der Waals surface area contributed by atoms with Crippen LogP contribution in [-0.2, 0) is 5.88 Å². The van der Waals surface area contributed by atoms with Gasteiger partial charge in [0.05, 0.1) is 0 Å². The van der Waals surface area contributed by atoms with Gasteiger partial charge in [-0.1, -0.05) is 0 Å². The zero-order valence-corrected chi connectivity index (χ0v) is 10.1. The van der Waals surface area contributed by atoms with Crippen molar-refractivity contribution < 1.29 is 0 Å². The lowest BCUT2D eigenvalue weighted by Crippen LogP contribution is -2.31. The van der Waals surface area contributed by atoms with Crippen molar-refractivity contribution in [1.82, 2.24) is 10.3 Å². The van der Waals surface area contributed by atoms with E-state index in [1.165, 1.54) is 0 Å². The Morgan fingerprint density at radius 2 is 2.33 bits per heavy atom. The average molecular weight is 228 g/mol. The molecule has 0 bridgehead atoms. The van der Waals surface area contributed by atoms with E-state index in [-0.39, 0.29) is 0 Å². The van der Waals surface area contributed by atoms with Gasteiger partial charge in [0.25, 0.3) is 0 Å². The molecule has 0 saturated heterocycles. The van der Waals surface area contributed by atoms with Crippen LogP contribution in [0.4, 0.5) is 5.82 Å². The zero-order chi connectivity index (χ0) is 11.1. The quantitative estimate of drug-likeness (QED) is 0.753. The van der Waals surface area contributed by atoms with Crippen LogP contribution >= 0.6 is 11.6 Å². The van der Waals surface area contributed by atoms with Crippen LogP contribution in [0, 0.1) is 0 Å². The van der Waals surface area contributed by atoms with Crippen LogP contribution in [0.15, 0.2) is 18.3 Å². The molecule has 0 aliphatic rings. The van der Waals surface area contributed by atoms with E-state index in [0.717, 1.165) is 31.0 Å². The first-order valence-corrected chi connectivity index (χ1v) is 5.75. The van der Waals surface area contributed by atoms with Gasteiger partial charge in [0.15, 0.2) is 0 Å². The van der Waals surface area contributed by atoms with Crippen LogP contribution in [0.25, 0.3) is 0 Å². The van der Waals surface area contributed by atoms with Crippen molar-refractivity contribution in [3.63, 3.8) is 0 Å². The van der Waals surface area contributed by atoms with E-state index in [1.54, 1.807) is 0 Å². The summed E-state index contributed by atoms with van der Waals surface area (Å²) in [4.78, 5) is 6.58. The maximum absolute atomic E-state index is 5.79. The standard InChI is InChI=1S/C11H18ClN3/c1-3-15(7-6-13-2)11-8-10(9-12)4-5-14-11/h4-5,8,13H,3,6-7,9H2,1-2H3. The summed E-state index contributed by atoms with van der Waals surface area (Å²) in [5.41, 5.74) is 1.12. The topological polar surface area (TPSA) is 28.2 Å². The Bertz CT molecular complexity index is 291. The lowest BCUT2D eigenvalue weighted by molar-refractivity contribution is 0.729. The maximum Gasteiger partial charge on any atom is 0.128 e. The Morgan fingerprint density at radius 1 is 1.53 bits per heavy atom. The fourth-order valence-electron chi connectivity index (χ4n) is 1.40. The van der Waals surface area contributed by atoms with Gasteiger partial charge in [-0.25, -0.2) is 4.98 Å². The highest BCUT2D eigenvalue weighted by Gasteiger charge is 2.05. The van der Waals surface area contributed by atoms with E-state index in [1.807, 2.05) is 25.4 Å². The molecule has 0 atom stereocenters. The molecular formula is C11H18ClN3. The summed E-state index contributed by atoms with van der Waals surface area (Å²) < 4.78 is 0. The summed E-state index contributed by atoms with van der Waals surface area (Å²) >= 11 is 5.79. The number of nitrogens with one attached hydrogen (secondary N) is 1. The molecule has 0 spiro atoms. The minimum atomic E-state index is 0.541. The number of halogens is 1. The number of nitrogens with zero attached hydrogens (tertiary/aromatic N) is 2. The molecule has 1 heterocycles. The molecule has 0 saturated carbocycles. The van der Waals surface area contributed by atoms with Gasteiger partial charge in [-0.05, 0) is 31.7 Å². The fraction of sp³-hybridized carbons (Fsp3) is 0.545. The van der Waals surface area contributed by atoms with E-state index in [0.29, 0.717) is 5.88 Å². The van der Waals surface area contributed by atoms with Gasteiger partial charge in [0.2, 0.25) is 0 Å². The van der Waals surface area contributed by atoms with Gasteiger partial charge in [-0.3, -0.25) is 0 Å². The minimum Gasteiger partial charge on any atom is -0.356 e. The number of alkyl halides is 1. The molecule has 15 heavy (non-hydrogen) atoms. The van der Waals surface area contributed by atoms with Gasteiger partial charge >= 0.3 is 0 Å². The number of likely N-dealkylation sites (N-methyl/N-ethyl adjacent to an activating group) is 2. The molecule has 1 N–H and O–H groups in total. The third-order valence-corrected chi connectivity index (χ3v) is 2.61. The Morgan fingerprint density at radius 3 is 2.93 bits per heavy atom. The normalized spacial score (nSPS) is 10.3. The summed E-state index contributed by atoms with van der Waals surface area (Å²) in [5, 5.41) is 3.14. The number of hydrogen-bond acceptors (Lipinski definition) is 3. The molecule has 4 heteroatoms. The molecule has 1 rings (SSSR count). The molecule has 0 radical (unpaired) electrons. The number of rotatable bonds is 6. The largest absolute Gasteiger partial charge is 0.356 e. The minimum absolute atomic E-state index is 0.541. The molecule has 0 aliphatic carbocycles. The molecule has 0 aromatic carbocycles. The summed E-state index contributed by atoms with van der Waals surface area (Å²) in [5.74, 6) is 1.55. The van der Waals surface area contributed by atoms with Crippen molar-refractivity contribution in [2.24, 2.45) is 0 Å². The molecular weight excluding hydrogens is 210 g/mol. The smallest absolute Gasteiger partial charge is 0.128 e. The molecule has 0 fully saturated rings. The molecule has 1 aromatic heterocycles. The number of anilines is 1. The van der Waals surface area contributed by atoms with Crippen LogP contribution in [0.5, 0.6) is 0 Å². The lowest BCUT2D eigenvalue weighted by Gasteiger charge is -2.21. The van der Waals surface area contributed by atoms with Gasteiger partial charge in [0.1, 0.15) is 5.82 Å². The molecule has 1 aromatic rings. The van der Waals surface area contributed by atoms with E-state index < -0.39 is 0 Å². The Balaban J connectivity index is 2.72. The predicted octanol–water partition coefficient (Wildman–Crippen LogP) is 1.87. The highest BCUT2D eigenvalue weighted by molar-refractivity contribution is 6.17. The van der Waals surface area contributed by atoms with Crippen molar-refractivity contribution in [1.29, 1.82) is 0 Å². The highest BCUT2D eigenvalue weighted by Crippen LogP contribution is 2.13. The molecule has 0 aliphatic heterocycles. The first-order chi connectivity index (χ1) is 7.31. The Kier molecular flexibility index (Phi) is 5.43. The maximum atomic E-state index is 5.79. The van der Waals surface area contributed by atoms with Crippen LogP contribution in [0.2, 0.25) is 0 Å². The van der Waals surface area contributed by atoms with Crippen molar-refractivity contribution in [3.8, 4) is 0 Å². The second kappa shape index (κ2) is 6.64. The van der Waals surface area contributed by atoms with Crippen molar-refractivity contribution in [2.45, 2.75) is 12.8 Å². The van der Waals surface area contributed by atoms with Gasteiger partial charge < -0.3 is 10.2 Å².